The largest absolute Gasteiger partial charge is 0.373 e. The molecular weight excluding hydrogens is 571 g/mol. The number of anilines is 1. The van der Waals surface area contributed by atoms with Gasteiger partial charge in [-0.3, -0.25) is 9.78 Å². The number of carbonyl (C=O) groups is 1. The van der Waals surface area contributed by atoms with Crippen LogP contribution in [0.5, 0.6) is 0 Å². The number of sulfone groups is 1. The lowest BCUT2D eigenvalue weighted by atomic mass is 10.1. The van der Waals surface area contributed by atoms with E-state index >= 15 is 0 Å². The van der Waals surface area contributed by atoms with Crippen LogP contribution in [0.25, 0.3) is 12.2 Å². The molecule has 1 aromatic carbocycles. The molecule has 4 heterocycles. The number of hydrogen-bond acceptors (Lipinski definition) is 8. The van der Waals surface area contributed by atoms with Gasteiger partial charge < -0.3 is 19.7 Å². The molecule has 2 aliphatic heterocycles. The summed E-state index contributed by atoms with van der Waals surface area (Å²) in [5.74, 6) is 0.327. The number of morpholine rings is 1. The molecule has 2 aliphatic rings. The van der Waals surface area contributed by atoms with E-state index in [1.165, 1.54) is 6.07 Å². The Hall–Kier alpha value is -3.38. The quantitative estimate of drug-likeness (QED) is 0.442. The fourth-order valence-electron chi connectivity index (χ4n) is 4.84. The lowest BCUT2D eigenvalue weighted by Crippen LogP contribution is -2.45. The van der Waals surface area contributed by atoms with E-state index in [1.807, 2.05) is 42.5 Å². The maximum absolute atomic E-state index is 14.2. The topological polar surface area (TPSA) is 111 Å². The fourth-order valence-corrected chi connectivity index (χ4v) is 6.53. The maximum Gasteiger partial charge on any atom is 0.251 e. The van der Waals surface area contributed by atoms with Crippen molar-refractivity contribution in [3.8, 4) is 0 Å². The molecule has 3 atom stereocenters. The minimum absolute atomic E-state index is 0.00233. The van der Waals surface area contributed by atoms with Crippen LogP contribution < -0.4 is 10.2 Å². The van der Waals surface area contributed by atoms with Gasteiger partial charge in [0.25, 0.3) is 5.91 Å². The molecule has 41 heavy (non-hydrogen) atoms. The minimum atomic E-state index is -4.34. The third kappa shape index (κ3) is 6.75. The number of nitrogens with one attached hydrogen (secondary N) is 1. The van der Waals surface area contributed by atoms with Crippen molar-refractivity contribution in [2.45, 2.75) is 49.6 Å². The molecule has 0 saturated carbocycles. The molecule has 1 saturated heterocycles. The van der Waals surface area contributed by atoms with Crippen molar-refractivity contribution < 1.29 is 27.1 Å². The first kappa shape index (κ1) is 29.1. The highest BCUT2D eigenvalue weighted by molar-refractivity contribution is 7.92. The molecular formula is C29H30ClFN4O5S. The predicted molar refractivity (Wildman–Crippen MR) is 154 cm³/mol. The number of carbonyl (C=O) groups excluding carboxylic acids is 1. The first-order valence-corrected chi connectivity index (χ1v) is 15.1. The van der Waals surface area contributed by atoms with Crippen LogP contribution in [0.1, 0.15) is 46.7 Å². The number of halogens is 2. The summed E-state index contributed by atoms with van der Waals surface area (Å²) in [6, 6.07) is 12.0. The Morgan fingerprint density at radius 3 is 2.73 bits per heavy atom. The second-order valence-corrected chi connectivity index (χ2v) is 12.5. The van der Waals surface area contributed by atoms with Gasteiger partial charge >= 0.3 is 0 Å². The maximum atomic E-state index is 14.2. The Morgan fingerprint density at radius 1 is 1.17 bits per heavy atom. The summed E-state index contributed by atoms with van der Waals surface area (Å²) in [7, 11) is -4.34. The van der Waals surface area contributed by atoms with Crippen LogP contribution in [-0.4, -0.2) is 61.7 Å². The zero-order valence-corrected chi connectivity index (χ0v) is 24.2. The van der Waals surface area contributed by atoms with Gasteiger partial charge in [-0.2, -0.15) is 0 Å². The third-order valence-corrected chi connectivity index (χ3v) is 8.90. The summed E-state index contributed by atoms with van der Waals surface area (Å²) in [4.78, 5) is 23.9. The van der Waals surface area contributed by atoms with E-state index in [4.69, 9.17) is 26.1 Å². The standard InChI is InChI=1S/C29H30ClFN4O5S/c1-18-14-35(15-19(2)40-18)28-5-3-4-22(34-28)7-6-20-8-9-32-23(10-20)13-33-29(36)21-11-25(30)24-16-39-17-27(31)41(37,38)26(24)12-21/h3-12,18-19,27H,13-17H2,1-2H3,(H,33,36)/b7-6+/t18-,19+,27-/m1/s1. The van der Waals surface area contributed by atoms with Crippen molar-refractivity contribution in [1.29, 1.82) is 0 Å². The molecule has 12 heteroatoms. The number of nitrogens with zero attached hydrogens (tertiary/aromatic N) is 3. The van der Waals surface area contributed by atoms with Crippen molar-refractivity contribution in [3.63, 3.8) is 0 Å². The van der Waals surface area contributed by atoms with Crippen LogP contribution in [0.4, 0.5) is 10.2 Å². The zero-order chi connectivity index (χ0) is 29.1. The zero-order valence-electron chi connectivity index (χ0n) is 22.6. The highest BCUT2D eigenvalue weighted by Crippen LogP contribution is 2.32. The minimum Gasteiger partial charge on any atom is -0.373 e. The SMILES string of the molecule is C[C@@H]1CN(c2cccc(/C=C/c3ccnc(CNC(=O)c4cc(Cl)c5c(c4)S(=O)(=O)[C@@H](F)COC5)c3)n2)C[C@H](C)O1. The molecule has 0 radical (unpaired) electrons. The third-order valence-electron chi connectivity index (χ3n) is 6.77. The molecule has 0 bridgehead atoms. The van der Waals surface area contributed by atoms with E-state index < -0.39 is 27.9 Å². The monoisotopic (exact) mass is 600 g/mol. The predicted octanol–water partition coefficient (Wildman–Crippen LogP) is 4.44. The Morgan fingerprint density at radius 2 is 1.95 bits per heavy atom. The lowest BCUT2D eigenvalue weighted by molar-refractivity contribution is -0.00546. The molecule has 216 valence electrons. The molecule has 5 rings (SSSR count). The van der Waals surface area contributed by atoms with Crippen LogP contribution >= 0.6 is 11.6 Å². The molecule has 1 amide bonds. The van der Waals surface area contributed by atoms with Crippen molar-refractivity contribution in [2.24, 2.45) is 0 Å². The van der Waals surface area contributed by atoms with E-state index in [-0.39, 0.29) is 46.4 Å². The van der Waals surface area contributed by atoms with Crippen LogP contribution in [0.2, 0.25) is 5.02 Å². The van der Waals surface area contributed by atoms with Gasteiger partial charge in [0.1, 0.15) is 5.82 Å². The van der Waals surface area contributed by atoms with Gasteiger partial charge in [0, 0.05) is 35.4 Å². The second-order valence-electron chi connectivity index (χ2n) is 10.1. The molecule has 9 nitrogen and oxygen atoms in total. The number of ether oxygens (including phenoxy) is 2. The first-order chi connectivity index (χ1) is 19.6. The van der Waals surface area contributed by atoms with Crippen LogP contribution in [0, 0.1) is 0 Å². The first-order valence-electron chi connectivity index (χ1n) is 13.2. The Kier molecular flexibility index (Phi) is 8.69. The normalized spacial score (nSPS) is 22.2. The summed E-state index contributed by atoms with van der Waals surface area (Å²) in [5.41, 5.74) is 0.151. The average molecular weight is 601 g/mol. The summed E-state index contributed by atoms with van der Waals surface area (Å²) in [6.45, 7) is 4.99. The summed E-state index contributed by atoms with van der Waals surface area (Å²) >= 11 is 6.25. The Labute approximate surface area is 243 Å². The van der Waals surface area contributed by atoms with Crippen LogP contribution in [-0.2, 0) is 32.5 Å². The second kappa shape index (κ2) is 12.2. The summed E-state index contributed by atoms with van der Waals surface area (Å²) < 4.78 is 50.3. The van der Waals surface area contributed by atoms with E-state index in [9.17, 15) is 17.6 Å². The number of amides is 1. The van der Waals surface area contributed by atoms with Gasteiger partial charge in [-0.25, -0.2) is 17.8 Å². The molecule has 1 fully saturated rings. The van der Waals surface area contributed by atoms with Gasteiger partial charge in [0.2, 0.25) is 15.3 Å². The number of fused-ring (bicyclic) bond motifs is 1. The smallest absolute Gasteiger partial charge is 0.251 e. The fraction of sp³-hybridized carbons (Fsp3) is 0.345. The number of pyridine rings is 2. The van der Waals surface area contributed by atoms with Crippen LogP contribution in [0.15, 0.2) is 53.6 Å². The van der Waals surface area contributed by atoms with Gasteiger partial charge in [0.05, 0.1) is 48.2 Å². The lowest BCUT2D eigenvalue weighted by Gasteiger charge is -2.36. The number of hydrogen-bond donors (Lipinski definition) is 1. The highest BCUT2D eigenvalue weighted by Gasteiger charge is 2.34. The van der Waals surface area contributed by atoms with Gasteiger partial charge in [-0.05, 0) is 61.9 Å². The van der Waals surface area contributed by atoms with Crippen molar-refractivity contribution in [2.75, 3.05) is 24.6 Å². The van der Waals surface area contributed by atoms with Crippen molar-refractivity contribution in [3.05, 3.63) is 81.8 Å². The van der Waals surface area contributed by atoms with Crippen molar-refractivity contribution >= 4 is 45.3 Å². The van der Waals surface area contributed by atoms with Gasteiger partial charge in [-0.15, -0.1) is 0 Å². The number of benzene rings is 1. The van der Waals surface area contributed by atoms with Gasteiger partial charge in [-0.1, -0.05) is 23.7 Å². The molecule has 0 aliphatic carbocycles. The average Bonchev–Trinajstić information content (AvgIpc) is 3.06. The number of alkyl halides is 1. The van der Waals surface area contributed by atoms with E-state index in [1.54, 1.807) is 6.20 Å². The number of rotatable bonds is 6. The van der Waals surface area contributed by atoms with Crippen molar-refractivity contribution in [1.82, 2.24) is 15.3 Å². The summed E-state index contributed by atoms with van der Waals surface area (Å²) in [6.07, 6.45) is 5.73. The van der Waals surface area contributed by atoms with E-state index in [0.717, 1.165) is 36.2 Å². The molecule has 3 aromatic rings. The highest BCUT2D eigenvalue weighted by atomic mass is 35.5. The molecule has 0 unspecified atom stereocenters. The van der Waals surface area contributed by atoms with Crippen LogP contribution in [0.3, 0.4) is 0 Å². The van der Waals surface area contributed by atoms with E-state index in [0.29, 0.717) is 5.69 Å². The Bertz CT molecular complexity index is 1580. The van der Waals surface area contributed by atoms with E-state index in [2.05, 4.69) is 29.0 Å². The number of aromatic nitrogens is 2. The molecule has 1 N–H and O–H groups in total. The molecule has 2 aromatic heterocycles. The van der Waals surface area contributed by atoms with Gasteiger partial charge in [0.15, 0.2) is 0 Å². The molecule has 0 spiro atoms. The Balaban J connectivity index is 1.26. The summed E-state index contributed by atoms with van der Waals surface area (Å²) in [5, 5.41) is 2.74.